The second kappa shape index (κ2) is 5.13. The molecule has 0 saturated carbocycles. The third-order valence-corrected chi connectivity index (χ3v) is 3.86. The summed E-state index contributed by atoms with van der Waals surface area (Å²) in [6.45, 7) is 1.80. The number of thiophene rings is 1. The predicted molar refractivity (Wildman–Crippen MR) is 75.8 cm³/mol. The molecule has 1 atom stereocenters. The van der Waals surface area contributed by atoms with Crippen LogP contribution in [0.1, 0.15) is 18.5 Å². The zero-order chi connectivity index (χ0) is 14.1. The molecule has 20 heavy (non-hydrogen) atoms. The number of hydrogen-bond acceptors (Lipinski definition) is 4. The van der Waals surface area contributed by atoms with Crippen LogP contribution < -0.4 is 5.32 Å². The lowest BCUT2D eigenvalue weighted by atomic mass is 10.1. The molecule has 0 saturated heterocycles. The number of benzene rings is 1. The van der Waals surface area contributed by atoms with Gasteiger partial charge < -0.3 is 5.32 Å². The van der Waals surface area contributed by atoms with Crippen molar-refractivity contribution in [3.63, 3.8) is 0 Å². The molecule has 1 N–H and O–H groups in total. The van der Waals surface area contributed by atoms with Crippen LogP contribution in [0.5, 0.6) is 0 Å². The van der Waals surface area contributed by atoms with Gasteiger partial charge in [-0.15, -0.1) is 11.3 Å². The van der Waals surface area contributed by atoms with Crippen molar-refractivity contribution in [2.24, 2.45) is 0 Å². The molecule has 0 bridgehead atoms. The Morgan fingerprint density at radius 3 is 2.85 bits per heavy atom. The fourth-order valence-electron chi connectivity index (χ4n) is 2.04. The van der Waals surface area contributed by atoms with Gasteiger partial charge in [0.2, 0.25) is 0 Å². The second-order valence-corrected chi connectivity index (χ2v) is 5.29. The van der Waals surface area contributed by atoms with Crippen LogP contribution in [0.25, 0.3) is 10.2 Å². The summed E-state index contributed by atoms with van der Waals surface area (Å²) < 4.78 is 26.7. The lowest BCUT2D eigenvalue weighted by Crippen LogP contribution is -2.10. The first kappa shape index (κ1) is 12.9. The summed E-state index contributed by atoms with van der Waals surface area (Å²) in [6.07, 6.45) is 1.47. The van der Waals surface area contributed by atoms with E-state index in [2.05, 4.69) is 15.3 Å². The molecule has 0 amide bonds. The highest BCUT2D eigenvalue weighted by molar-refractivity contribution is 7.16. The van der Waals surface area contributed by atoms with Gasteiger partial charge in [-0.1, -0.05) is 6.07 Å². The quantitative estimate of drug-likeness (QED) is 0.788. The number of halogens is 2. The zero-order valence-corrected chi connectivity index (χ0v) is 11.4. The monoisotopic (exact) mass is 291 g/mol. The van der Waals surface area contributed by atoms with Crippen LogP contribution in [0.3, 0.4) is 0 Å². The standard InChI is InChI=1S/C14H11F2N3S/c1-8(10-3-2-9(15)6-12(10)16)19-13-11-4-5-20-14(11)18-7-17-13/h2-8H,1H3,(H,17,18,19)/t8-/m1/s1. The Kier molecular flexibility index (Phi) is 3.31. The van der Waals surface area contributed by atoms with Crippen LogP contribution in [-0.4, -0.2) is 9.97 Å². The fraction of sp³-hybridized carbons (Fsp3) is 0.143. The zero-order valence-electron chi connectivity index (χ0n) is 10.6. The molecule has 3 rings (SSSR count). The molecular weight excluding hydrogens is 280 g/mol. The molecule has 0 radical (unpaired) electrons. The normalized spacial score (nSPS) is 12.6. The summed E-state index contributed by atoms with van der Waals surface area (Å²) >= 11 is 1.51. The first-order valence-electron chi connectivity index (χ1n) is 6.05. The van der Waals surface area contributed by atoms with Gasteiger partial charge in [0, 0.05) is 11.6 Å². The Morgan fingerprint density at radius 2 is 2.05 bits per heavy atom. The summed E-state index contributed by atoms with van der Waals surface area (Å²) in [4.78, 5) is 9.20. The minimum absolute atomic E-state index is 0.325. The van der Waals surface area contributed by atoms with Crippen molar-refractivity contribution in [3.05, 3.63) is 53.2 Å². The minimum atomic E-state index is -0.583. The topological polar surface area (TPSA) is 37.8 Å². The Morgan fingerprint density at radius 1 is 1.20 bits per heavy atom. The highest BCUT2D eigenvalue weighted by Gasteiger charge is 2.14. The molecule has 1 aromatic carbocycles. The van der Waals surface area contributed by atoms with Crippen LogP contribution >= 0.6 is 11.3 Å². The van der Waals surface area contributed by atoms with E-state index in [4.69, 9.17) is 0 Å². The number of nitrogens with one attached hydrogen (secondary N) is 1. The summed E-state index contributed by atoms with van der Waals surface area (Å²) in [7, 11) is 0. The van der Waals surface area contributed by atoms with Gasteiger partial charge in [0.15, 0.2) is 0 Å². The van der Waals surface area contributed by atoms with E-state index in [-0.39, 0.29) is 6.04 Å². The van der Waals surface area contributed by atoms with Crippen LogP contribution in [0.15, 0.2) is 36.0 Å². The smallest absolute Gasteiger partial charge is 0.138 e. The van der Waals surface area contributed by atoms with Gasteiger partial charge in [0.25, 0.3) is 0 Å². The molecule has 6 heteroatoms. The van der Waals surface area contributed by atoms with E-state index in [1.54, 1.807) is 6.92 Å². The maximum absolute atomic E-state index is 13.7. The largest absolute Gasteiger partial charge is 0.363 e. The Hall–Kier alpha value is -2.08. The van der Waals surface area contributed by atoms with E-state index in [1.165, 1.54) is 29.8 Å². The second-order valence-electron chi connectivity index (χ2n) is 4.39. The Labute approximate surface area is 118 Å². The number of fused-ring (bicyclic) bond motifs is 1. The molecule has 102 valence electrons. The number of nitrogens with zero attached hydrogens (tertiary/aromatic N) is 2. The van der Waals surface area contributed by atoms with E-state index in [9.17, 15) is 8.78 Å². The van der Waals surface area contributed by atoms with Crippen LogP contribution in [0, 0.1) is 11.6 Å². The maximum atomic E-state index is 13.7. The first-order valence-corrected chi connectivity index (χ1v) is 6.93. The number of aromatic nitrogens is 2. The minimum Gasteiger partial charge on any atom is -0.363 e. The van der Waals surface area contributed by atoms with Gasteiger partial charge in [-0.05, 0) is 24.4 Å². The third-order valence-electron chi connectivity index (χ3n) is 3.04. The van der Waals surface area contributed by atoms with E-state index in [0.717, 1.165) is 16.3 Å². The molecule has 0 spiro atoms. The van der Waals surface area contributed by atoms with Crippen molar-refractivity contribution in [1.82, 2.24) is 9.97 Å². The summed E-state index contributed by atoms with van der Waals surface area (Å²) in [5.74, 6) is -0.506. The van der Waals surface area contributed by atoms with Gasteiger partial charge in [0.1, 0.15) is 28.6 Å². The van der Waals surface area contributed by atoms with Crippen LogP contribution in [0.4, 0.5) is 14.6 Å². The third kappa shape index (κ3) is 2.34. The summed E-state index contributed by atoms with van der Waals surface area (Å²) in [6, 6.07) is 5.16. The van der Waals surface area contributed by atoms with Crippen molar-refractivity contribution >= 4 is 27.4 Å². The van der Waals surface area contributed by atoms with Crippen molar-refractivity contribution < 1.29 is 8.78 Å². The molecule has 0 aliphatic carbocycles. The van der Waals surface area contributed by atoms with Gasteiger partial charge in [0.05, 0.1) is 11.4 Å². The van der Waals surface area contributed by atoms with Crippen LogP contribution in [0.2, 0.25) is 0 Å². The molecular formula is C14H11F2N3S. The highest BCUT2D eigenvalue weighted by atomic mass is 32.1. The van der Waals surface area contributed by atoms with Crippen molar-refractivity contribution in [2.75, 3.05) is 5.32 Å². The number of rotatable bonds is 3. The molecule has 3 nitrogen and oxygen atoms in total. The van der Waals surface area contributed by atoms with E-state index in [1.807, 2.05) is 11.4 Å². The van der Waals surface area contributed by atoms with E-state index < -0.39 is 11.6 Å². The lowest BCUT2D eigenvalue weighted by Gasteiger charge is -2.16. The fourth-order valence-corrected chi connectivity index (χ4v) is 2.77. The summed E-state index contributed by atoms with van der Waals surface area (Å²) in [5.41, 5.74) is 0.397. The molecule has 0 fully saturated rings. The Balaban J connectivity index is 1.92. The maximum Gasteiger partial charge on any atom is 0.138 e. The predicted octanol–water partition coefficient (Wildman–Crippen LogP) is 4.14. The number of hydrogen-bond donors (Lipinski definition) is 1. The van der Waals surface area contributed by atoms with E-state index >= 15 is 0 Å². The van der Waals surface area contributed by atoms with Crippen molar-refractivity contribution in [2.45, 2.75) is 13.0 Å². The number of anilines is 1. The molecule has 3 aromatic rings. The molecule has 2 heterocycles. The van der Waals surface area contributed by atoms with E-state index in [0.29, 0.717) is 11.4 Å². The van der Waals surface area contributed by atoms with Crippen molar-refractivity contribution in [1.29, 1.82) is 0 Å². The van der Waals surface area contributed by atoms with Gasteiger partial charge in [-0.25, -0.2) is 18.7 Å². The average molecular weight is 291 g/mol. The molecule has 2 aromatic heterocycles. The highest BCUT2D eigenvalue weighted by Crippen LogP contribution is 2.27. The average Bonchev–Trinajstić information content (AvgIpc) is 2.87. The van der Waals surface area contributed by atoms with Crippen molar-refractivity contribution in [3.8, 4) is 0 Å². The van der Waals surface area contributed by atoms with Gasteiger partial charge in [-0.3, -0.25) is 0 Å². The van der Waals surface area contributed by atoms with Gasteiger partial charge in [-0.2, -0.15) is 0 Å². The van der Waals surface area contributed by atoms with Crippen LogP contribution in [-0.2, 0) is 0 Å². The Bertz CT molecular complexity index is 757. The summed E-state index contributed by atoms with van der Waals surface area (Å²) in [5, 5.41) is 5.96. The molecule has 0 aliphatic heterocycles. The lowest BCUT2D eigenvalue weighted by molar-refractivity contribution is 0.566. The van der Waals surface area contributed by atoms with Gasteiger partial charge >= 0.3 is 0 Å². The first-order chi connectivity index (χ1) is 9.65. The molecule has 0 unspecified atom stereocenters. The molecule has 0 aliphatic rings. The SMILES string of the molecule is C[C@@H](Nc1ncnc2sccc12)c1ccc(F)cc1F.